The van der Waals surface area contributed by atoms with Crippen molar-refractivity contribution in [2.75, 3.05) is 18.1 Å². The number of esters is 1. The second-order valence-corrected chi connectivity index (χ2v) is 4.65. The largest absolute Gasteiger partial charge is 0.465 e. The van der Waals surface area contributed by atoms with Gasteiger partial charge >= 0.3 is 5.97 Å². The number of aromatic nitrogens is 1. The molecule has 1 unspecified atom stereocenters. The summed E-state index contributed by atoms with van der Waals surface area (Å²) in [4.78, 5) is 15.5. The number of aryl methyl sites for hydroxylation is 1. The molecule has 1 heterocycles. The number of thioether (sulfide) groups is 1. The molecule has 17 heavy (non-hydrogen) atoms. The van der Waals surface area contributed by atoms with E-state index >= 15 is 0 Å². The molecule has 0 aliphatic rings. The molecule has 0 radical (unpaired) electrons. The van der Waals surface area contributed by atoms with Crippen LogP contribution in [0, 0.1) is 0 Å². The molecule has 0 fully saturated rings. The van der Waals surface area contributed by atoms with Crippen LogP contribution in [-0.2, 0) is 16.0 Å². The summed E-state index contributed by atoms with van der Waals surface area (Å²) in [5.74, 6) is 1.17. The second kappa shape index (κ2) is 8.08. The maximum atomic E-state index is 11.2. The van der Waals surface area contributed by atoms with Crippen molar-refractivity contribution < 1.29 is 9.53 Å². The molecule has 94 valence electrons. The van der Waals surface area contributed by atoms with Crippen LogP contribution >= 0.6 is 11.8 Å². The van der Waals surface area contributed by atoms with Crippen molar-refractivity contribution >= 4 is 17.7 Å². The molecule has 0 bridgehead atoms. The summed E-state index contributed by atoms with van der Waals surface area (Å²) in [7, 11) is 0. The van der Waals surface area contributed by atoms with Gasteiger partial charge < -0.3 is 10.5 Å². The van der Waals surface area contributed by atoms with E-state index in [-0.39, 0.29) is 5.97 Å². The molecular formula is C12H18N2O2S. The number of carbonyl (C=O) groups is 1. The number of ether oxygens (including phenoxy) is 1. The Morgan fingerprint density at radius 1 is 1.59 bits per heavy atom. The van der Waals surface area contributed by atoms with Crippen LogP contribution in [0.25, 0.3) is 0 Å². The fourth-order valence-corrected chi connectivity index (χ4v) is 2.16. The average molecular weight is 254 g/mol. The molecule has 1 rings (SSSR count). The van der Waals surface area contributed by atoms with E-state index in [1.165, 1.54) is 0 Å². The molecule has 2 N–H and O–H groups in total. The highest BCUT2D eigenvalue weighted by Crippen LogP contribution is 2.06. The Morgan fingerprint density at radius 3 is 3.06 bits per heavy atom. The molecular weight excluding hydrogens is 236 g/mol. The van der Waals surface area contributed by atoms with E-state index in [4.69, 9.17) is 10.5 Å². The van der Waals surface area contributed by atoms with Gasteiger partial charge in [0.15, 0.2) is 0 Å². The lowest BCUT2D eigenvalue weighted by atomic mass is 10.3. The van der Waals surface area contributed by atoms with E-state index < -0.39 is 6.04 Å². The van der Waals surface area contributed by atoms with Crippen LogP contribution in [0.3, 0.4) is 0 Å². The van der Waals surface area contributed by atoms with Gasteiger partial charge in [-0.2, -0.15) is 11.8 Å². The van der Waals surface area contributed by atoms with Gasteiger partial charge in [0.05, 0.1) is 6.61 Å². The molecule has 0 aliphatic carbocycles. The molecule has 0 saturated carbocycles. The fraction of sp³-hybridized carbons (Fsp3) is 0.500. The lowest BCUT2D eigenvalue weighted by molar-refractivity contribution is -0.144. The van der Waals surface area contributed by atoms with E-state index in [1.54, 1.807) is 24.9 Å². The molecule has 5 heteroatoms. The van der Waals surface area contributed by atoms with Crippen molar-refractivity contribution in [2.45, 2.75) is 19.4 Å². The topological polar surface area (TPSA) is 65.2 Å². The van der Waals surface area contributed by atoms with Crippen molar-refractivity contribution in [3.63, 3.8) is 0 Å². The summed E-state index contributed by atoms with van der Waals surface area (Å²) < 4.78 is 4.83. The smallest absolute Gasteiger partial charge is 0.323 e. The summed E-state index contributed by atoms with van der Waals surface area (Å²) in [6.45, 7) is 2.16. The van der Waals surface area contributed by atoms with Crippen molar-refractivity contribution in [3.05, 3.63) is 30.1 Å². The maximum absolute atomic E-state index is 11.2. The van der Waals surface area contributed by atoms with Crippen LogP contribution in [0.1, 0.15) is 12.6 Å². The van der Waals surface area contributed by atoms with Gasteiger partial charge in [0.25, 0.3) is 0 Å². The van der Waals surface area contributed by atoms with Crippen LogP contribution in [0.15, 0.2) is 24.4 Å². The third-order valence-corrected chi connectivity index (χ3v) is 3.20. The molecule has 1 atom stereocenters. The van der Waals surface area contributed by atoms with Crippen molar-refractivity contribution in [1.29, 1.82) is 0 Å². The lowest BCUT2D eigenvalue weighted by Crippen LogP contribution is -2.34. The minimum absolute atomic E-state index is 0.321. The number of hydrogen-bond acceptors (Lipinski definition) is 5. The Bertz CT molecular complexity index is 333. The van der Waals surface area contributed by atoms with Crippen LogP contribution in [0.5, 0.6) is 0 Å². The predicted molar refractivity (Wildman–Crippen MR) is 69.9 cm³/mol. The first-order valence-electron chi connectivity index (χ1n) is 5.64. The Hall–Kier alpha value is -1.07. The number of nitrogens with zero attached hydrogens (tertiary/aromatic N) is 1. The van der Waals surface area contributed by atoms with Gasteiger partial charge in [-0.05, 0) is 31.2 Å². The molecule has 1 aromatic rings. The van der Waals surface area contributed by atoms with Gasteiger partial charge in [-0.3, -0.25) is 9.78 Å². The standard InChI is InChI=1S/C12H18N2O2S/c1-2-16-12(15)11(13)9-17-8-6-10-5-3-4-7-14-10/h3-5,7,11H,2,6,8-9,13H2,1H3. The fourth-order valence-electron chi connectivity index (χ4n) is 1.25. The highest BCUT2D eigenvalue weighted by Gasteiger charge is 2.13. The normalized spacial score (nSPS) is 12.1. The molecule has 0 amide bonds. The van der Waals surface area contributed by atoms with Gasteiger partial charge in [-0.1, -0.05) is 6.07 Å². The summed E-state index contributed by atoms with van der Waals surface area (Å²) >= 11 is 1.64. The summed E-state index contributed by atoms with van der Waals surface area (Å²) in [5, 5.41) is 0. The van der Waals surface area contributed by atoms with Crippen LogP contribution in [0.4, 0.5) is 0 Å². The van der Waals surface area contributed by atoms with E-state index in [2.05, 4.69) is 4.98 Å². The van der Waals surface area contributed by atoms with Gasteiger partial charge in [-0.15, -0.1) is 0 Å². The number of carbonyl (C=O) groups excluding carboxylic acids is 1. The minimum Gasteiger partial charge on any atom is -0.465 e. The van der Waals surface area contributed by atoms with Crippen molar-refractivity contribution in [3.8, 4) is 0 Å². The monoisotopic (exact) mass is 254 g/mol. The van der Waals surface area contributed by atoms with Crippen molar-refractivity contribution in [2.24, 2.45) is 5.73 Å². The number of rotatable bonds is 7. The zero-order chi connectivity index (χ0) is 12.5. The quantitative estimate of drug-likeness (QED) is 0.586. The van der Waals surface area contributed by atoms with E-state index in [0.717, 1.165) is 17.9 Å². The number of hydrogen-bond donors (Lipinski definition) is 1. The molecule has 0 aliphatic heterocycles. The summed E-state index contributed by atoms with van der Waals surface area (Å²) in [6.07, 6.45) is 2.67. The molecule has 1 aromatic heterocycles. The van der Waals surface area contributed by atoms with Crippen LogP contribution in [0.2, 0.25) is 0 Å². The number of pyridine rings is 1. The highest BCUT2D eigenvalue weighted by molar-refractivity contribution is 7.99. The van der Waals surface area contributed by atoms with Crippen LogP contribution in [-0.4, -0.2) is 35.1 Å². The Labute approximate surface area is 106 Å². The van der Waals surface area contributed by atoms with Crippen LogP contribution < -0.4 is 5.73 Å². The Kier molecular flexibility index (Phi) is 6.65. The Morgan fingerprint density at radius 2 is 2.41 bits per heavy atom. The molecule has 0 spiro atoms. The maximum Gasteiger partial charge on any atom is 0.323 e. The predicted octanol–water partition coefficient (Wildman–Crippen LogP) is 1.25. The number of nitrogens with two attached hydrogens (primary N) is 1. The first-order valence-corrected chi connectivity index (χ1v) is 6.79. The van der Waals surface area contributed by atoms with Gasteiger partial charge in [0.1, 0.15) is 6.04 Å². The van der Waals surface area contributed by atoms with E-state index in [1.807, 2.05) is 18.2 Å². The average Bonchev–Trinajstić information content (AvgIpc) is 2.36. The summed E-state index contributed by atoms with van der Waals surface area (Å²) in [5.41, 5.74) is 6.73. The molecule has 0 aromatic carbocycles. The molecule has 4 nitrogen and oxygen atoms in total. The minimum atomic E-state index is -0.524. The lowest BCUT2D eigenvalue weighted by Gasteiger charge is -2.09. The van der Waals surface area contributed by atoms with E-state index in [0.29, 0.717) is 12.4 Å². The summed E-state index contributed by atoms with van der Waals surface area (Å²) in [6, 6.07) is 5.33. The first kappa shape index (κ1) is 14.0. The highest BCUT2D eigenvalue weighted by atomic mass is 32.2. The van der Waals surface area contributed by atoms with Gasteiger partial charge in [-0.25, -0.2) is 0 Å². The third-order valence-electron chi connectivity index (χ3n) is 2.12. The zero-order valence-corrected chi connectivity index (χ0v) is 10.8. The zero-order valence-electron chi connectivity index (χ0n) is 9.96. The first-order chi connectivity index (χ1) is 8.24. The van der Waals surface area contributed by atoms with Gasteiger partial charge in [0, 0.05) is 17.6 Å². The Balaban J connectivity index is 2.14. The second-order valence-electron chi connectivity index (χ2n) is 3.50. The molecule has 0 saturated heterocycles. The third kappa shape index (κ3) is 5.70. The SMILES string of the molecule is CCOC(=O)C(N)CSCCc1ccccn1. The van der Waals surface area contributed by atoms with E-state index in [9.17, 15) is 4.79 Å². The van der Waals surface area contributed by atoms with Gasteiger partial charge in [0.2, 0.25) is 0 Å². The van der Waals surface area contributed by atoms with Crippen molar-refractivity contribution in [1.82, 2.24) is 4.98 Å².